The van der Waals surface area contributed by atoms with Crippen molar-refractivity contribution in [3.05, 3.63) is 0 Å². The summed E-state index contributed by atoms with van der Waals surface area (Å²) in [7, 11) is 0. The summed E-state index contributed by atoms with van der Waals surface area (Å²) in [5.74, 6) is 1.04. The van der Waals surface area contributed by atoms with Crippen LogP contribution in [0.4, 0.5) is 13.2 Å². The highest BCUT2D eigenvalue weighted by Crippen LogP contribution is 2.76. The summed E-state index contributed by atoms with van der Waals surface area (Å²) in [6.45, 7) is 6.34. The average Bonchev–Trinajstić information content (AvgIpc) is 3.33. The van der Waals surface area contributed by atoms with Gasteiger partial charge in [-0.25, -0.2) is 0 Å². The van der Waals surface area contributed by atoms with Gasteiger partial charge >= 0.3 is 12.1 Å². The lowest BCUT2D eigenvalue weighted by Crippen LogP contribution is -2.56. The van der Waals surface area contributed by atoms with E-state index in [2.05, 4.69) is 13.8 Å². The Morgan fingerprint density at radius 3 is 2.18 bits per heavy atom. The number of rotatable bonds is 2. The Morgan fingerprint density at radius 2 is 1.57 bits per heavy atom. The Balaban J connectivity index is 1.47. The molecule has 158 valence electrons. The summed E-state index contributed by atoms with van der Waals surface area (Å²) in [5.41, 5.74) is -2.97. The SMILES string of the molecule is CC1C(C)C2CC1C1C3CC(C21)C(C(=O)OC1(C)CCCCC1)(C(F)(F)F)C3. The molecule has 0 aliphatic heterocycles. The minimum absolute atomic E-state index is 0.0262. The molecule has 9 unspecified atom stereocenters. The van der Waals surface area contributed by atoms with Crippen molar-refractivity contribution >= 4 is 5.97 Å². The summed E-state index contributed by atoms with van der Waals surface area (Å²) in [6.07, 6.45) is 1.41. The van der Waals surface area contributed by atoms with Gasteiger partial charge in [-0.3, -0.25) is 4.79 Å². The summed E-state index contributed by atoms with van der Waals surface area (Å²) in [6, 6.07) is 0. The highest BCUT2D eigenvalue weighted by atomic mass is 19.4. The Hall–Kier alpha value is -0.740. The molecular formula is C23H33F3O2. The van der Waals surface area contributed by atoms with Gasteiger partial charge in [0.05, 0.1) is 0 Å². The van der Waals surface area contributed by atoms with Gasteiger partial charge in [0.25, 0.3) is 0 Å². The molecule has 0 N–H and O–H groups in total. The number of fused-ring (bicyclic) bond motifs is 9. The fourth-order valence-electron chi connectivity index (χ4n) is 8.69. The van der Waals surface area contributed by atoms with E-state index in [0.717, 1.165) is 25.7 Å². The first-order chi connectivity index (χ1) is 13.1. The smallest absolute Gasteiger partial charge is 0.405 e. The molecule has 5 saturated carbocycles. The molecule has 0 aromatic carbocycles. The Kier molecular flexibility index (Phi) is 4.06. The van der Waals surface area contributed by atoms with E-state index in [1.807, 2.05) is 6.92 Å². The average molecular weight is 399 g/mol. The monoisotopic (exact) mass is 398 g/mol. The Bertz CT molecular complexity index is 667. The molecule has 5 aliphatic carbocycles. The van der Waals surface area contributed by atoms with Gasteiger partial charge in [-0.15, -0.1) is 0 Å². The van der Waals surface area contributed by atoms with Crippen molar-refractivity contribution in [2.75, 3.05) is 0 Å². The van der Waals surface area contributed by atoms with Gasteiger partial charge in [0.1, 0.15) is 5.60 Å². The van der Waals surface area contributed by atoms with Crippen LogP contribution in [-0.2, 0) is 9.53 Å². The van der Waals surface area contributed by atoms with Crippen LogP contribution >= 0.6 is 0 Å². The number of halogens is 3. The van der Waals surface area contributed by atoms with Gasteiger partial charge in [0.2, 0.25) is 0 Å². The van der Waals surface area contributed by atoms with Crippen LogP contribution in [0.3, 0.4) is 0 Å². The first-order valence-corrected chi connectivity index (χ1v) is 11.4. The maximum Gasteiger partial charge on any atom is 0.405 e. The lowest BCUT2D eigenvalue weighted by atomic mass is 9.57. The van der Waals surface area contributed by atoms with Gasteiger partial charge in [-0.05, 0) is 99.2 Å². The van der Waals surface area contributed by atoms with Crippen LogP contribution in [0, 0.1) is 52.8 Å². The highest BCUT2D eigenvalue weighted by Gasteiger charge is 2.78. The predicted octanol–water partition coefficient (Wildman–Crippen LogP) is 6.00. The maximum absolute atomic E-state index is 14.6. The molecule has 0 spiro atoms. The third kappa shape index (κ3) is 2.31. The zero-order valence-corrected chi connectivity index (χ0v) is 17.2. The largest absolute Gasteiger partial charge is 0.459 e. The number of alkyl halides is 3. The second kappa shape index (κ2) is 5.91. The Labute approximate surface area is 166 Å². The number of ether oxygens (including phenoxy) is 1. The molecule has 5 rings (SSSR count). The molecule has 0 aromatic rings. The van der Waals surface area contributed by atoms with Crippen LogP contribution in [0.2, 0.25) is 0 Å². The van der Waals surface area contributed by atoms with Crippen molar-refractivity contribution < 1.29 is 22.7 Å². The minimum Gasteiger partial charge on any atom is -0.459 e. The summed E-state index contributed by atoms with van der Waals surface area (Å²) in [4.78, 5) is 13.3. The van der Waals surface area contributed by atoms with Crippen molar-refractivity contribution in [1.29, 1.82) is 0 Å². The zero-order valence-electron chi connectivity index (χ0n) is 17.2. The van der Waals surface area contributed by atoms with Crippen molar-refractivity contribution in [1.82, 2.24) is 0 Å². The van der Waals surface area contributed by atoms with E-state index in [0.29, 0.717) is 48.9 Å². The van der Waals surface area contributed by atoms with Crippen LogP contribution < -0.4 is 0 Å². The van der Waals surface area contributed by atoms with E-state index < -0.39 is 29.1 Å². The molecule has 28 heavy (non-hydrogen) atoms. The highest BCUT2D eigenvalue weighted by molar-refractivity contribution is 5.80. The molecule has 0 saturated heterocycles. The summed E-state index contributed by atoms with van der Waals surface area (Å²) in [5, 5.41) is 0. The lowest BCUT2D eigenvalue weighted by Gasteiger charge is -2.49. The third-order valence-electron chi connectivity index (χ3n) is 10.1. The van der Waals surface area contributed by atoms with E-state index in [9.17, 15) is 18.0 Å². The number of esters is 1. The predicted molar refractivity (Wildman–Crippen MR) is 99.2 cm³/mol. The topological polar surface area (TPSA) is 26.3 Å². The van der Waals surface area contributed by atoms with E-state index in [1.165, 1.54) is 0 Å². The summed E-state index contributed by atoms with van der Waals surface area (Å²) < 4.78 is 49.5. The molecule has 9 atom stereocenters. The number of hydrogen-bond donors (Lipinski definition) is 0. The van der Waals surface area contributed by atoms with Crippen molar-refractivity contribution in [3.8, 4) is 0 Å². The summed E-state index contributed by atoms with van der Waals surface area (Å²) >= 11 is 0. The number of carbonyl (C=O) groups excluding carboxylic acids is 1. The van der Waals surface area contributed by atoms with E-state index in [-0.39, 0.29) is 18.3 Å². The molecule has 0 heterocycles. The molecule has 0 amide bonds. The van der Waals surface area contributed by atoms with Crippen LogP contribution in [0.5, 0.6) is 0 Å². The second-order valence-electron chi connectivity index (χ2n) is 11.1. The quantitative estimate of drug-likeness (QED) is 0.421. The minimum atomic E-state index is -4.52. The zero-order chi connectivity index (χ0) is 20.1. The normalized spacial score (nSPS) is 51.4. The van der Waals surface area contributed by atoms with Crippen LogP contribution in [0.1, 0.15) is 72.1 Å². The number of carbonyl (C=O) groups is 1. The van der Waals surface area contributed by atoms with Gasteiger partial charge in [0.15, 0.2) is 5.41 Å². The van der Waals surface area contributed by atoms with Gasteiger partial charge in [-0.2, -0.15) is 13.2 Å². The molecule has 5 fully saturated rings. The van der Waals surface area contributed by atoms with Gasteiger partial charge < -0.3 is 4.74 Å². The molecule has 5 heteroatoms. The van der Waals surface area contributed by atoms with E-state index >= 15 is 0 Å². The van der Waals surface area contributed by atoms with Crippen molar-refractivity contribution in [2.45, 2.75) is 83.9 Å². The van der Waals surface area contributed by atoms with Crippen molar-refractivity contribution in [3.63, 3.8) is 0 Å². The standard InChI is InChI=1S/C23H33F3O2/c1-12-13(2)16-10-15(12)18-14-9-17(19(16)18)22(11-14,23(24,25)26)20(27)28-21(3)7-5-4-6-8-21/h12-19H,4-11H2,1-3H3. The van der Waals surface area contributed by atoms with E-state index in [1.54, 1.807) is 0 Å². The third-order valence-corrected chi connectivity index (χ3v) is 10.1. The molecule has 0 aromatic heterocycles. The molecular weight excluding hydrogens is 365 g/mol. The van der Waals surface area contributed by atoms with Crippen molar-refractivity contribution in [2.24, 2.45) is 52.8 Å². The molecule has 4 bridgehead atoms. The molecule has 5 aliphatic rings. The van der Waals surface area contributed by atoms with Gasteiger partial charge in [-0.1, -0.05) is 20.3 Å². The molecule has 0 radical (unpaired) electrons. The second-order valence-corrected chi connectivity index (χ2v) is 11.1. The lowest BCUT2D eigenvalue weighted by molar-refractivity contribution is -0.264. The van der Waals surface area contributed by atoms with Gasteiger partial charge in [0, 0.05) is 0 Å². The first-order valence-electron chi connectivity index (χ1n) is 11.4. The first kappa shape index (κ1) is 19.2. The Morgan fingerprint density at radius 1 is 0.964 bits per heavy atom. The van der Waals surface area contributed by atoms with E-state index in [4.69, 9.17) is 4.74 Å². The number of hydrogen-bond acceptors (Lipinski definition) is 2. The fraction of sp³-hybridized carbons (Fsp3) is 0.957. The molecule has 2 nitrogen and oxygen atoms in total. The van der Waals surface area contributed by atoms with Crippen LogP contribution in [0.15, 0.2) is 0 Å². The van der Waals surface area contributed by atoms with Crippen LogP contribution in [-0.4, -0.2) is 17.7 Å². The maximum atomic E-state index is 14.6. The fourth-order valence-corrected chi connectivity index (χ4v) is 8.69. The van der Waals surface area contributed by atoms with Crippen LogP contribution in [0.25, 0.3) is 0 Å².